The normalized spacial score (nSPS) is 18.4. The van der Waals surface area contributed by atoms with E-state index in [1.807, 2.05) is 37.5 Å². The summed E-state index contributed by atoms with van der Waals surface area (Å²) in [7, 11) is 1.84. The summed E-state index contributed by atoms with van der Waals surface area (Å²) in [6.45, 7) is 1.84. The summed E-state index contributed by atoms with van der Waals surface area (Å²) < 4.78 is 5.28. The molecule has 3 rings (SSSR count). The maximum Gasteiger partial charge on any atom is 0.228 e. The number of para-hydroxylation sites is 1. The van der Waals surface area contributed by atoms with Crippen LogP contribution in [0, 0.1) is 5.92 Å². The molecule has 1 fully saturated rings. The van der Waals surface area contributed by atoms with Crippen molar-refractivity contribution in [1.82, 2.24) is 9.88 Å². The summed E-state index contributed by atoms with van der Waals surface area (Å²) in [4.78, 5) is 18.4. The van der Waals surface area contributed by atoms with Crippen LogP contribution in [0.2, 0.25) is 0 Å². The number of fused-ring (bicyclic) bond motifs is 1. The van der Waals surface area contributed by atoms with Crippen molar-refractivity contribution in [3.63, 3.8) is 0 Å². The molecule has 2 heterocycles. The second kappa shape index (κ2) is 5.59. The SMILES string of the molecule is CN(Cc1cnc2ccccc2c1)C(=O)[C@H]1CCOC1. The van der Waals surface area contributed by atoms with Crippen LogP contribution >= 0.6 is 0 Å². The molecule has 0 radical (unpaired) electrons. The molecule has 0 spiro atoms. The van der Waals surface area contributed by atoms with E-state index in [4.69, 9.17) is 4.74 Å². The number of amides is 1. The van der Waals surface area contributed by atoms with Gasteiger partial charge in [-0.3, -0.25) is 9.78 Å². The Morgan fingerprint density at radius 2 is 2.30 bits per heavy atom. The Balaban J connectivity index is 1.73. The molecule has 0 bridgehead atoms. The van der Waals surface area contributed by atoms with E-state index in [-0.39, 0.29) is 11.8 Å². The number of benzene rings is 1. The molecule has 0 N–H and O–H groups in total. The molecular weight excluding hydrogens is 252 g/mol. The third-order valence-electron chi connectivity index (χ3n) is 3.72. The maximum absolute atomic E-state index is 12.2. The quantitative estimate of drug-likeness (QED) is 0.859. The number of nitrogens with zero attached hydrogens (tertiary/aromatic N) is 2. The molecular formula is C16H18N2O2. The van der Waals surface area contributed by atoms with Crippen LogP contribution in [0.1, 0.15) is 12.0 Å². The fraction of sp³-hybridized carbons (Fsp3) is 0.375. The first kappa shape index (κ1) is 13.1. The van der Waals surface area contributed by atoms with Crippen molar-refractivity contribution in [3.05, 3.63) is 42.1 Å². The van der Waals surface area contributed by atoms with Crippen molar-refractivity contribution in [3.8, 4) is 0 Å². The van der Waals surface area contributed by atoms with Gasteiger partial charge in [-0.25, -0.2) is 0 Å². The van der Waals surface area contributed by atoms with Crippen molar-refractivity contribution in [2.45, 2.75) is 13.0 Å². The molecule has 2 aromatic rings. The Morgan fingerprint density at radius 3 is 3.10 bits per heavy atom. The molecule has 1 atom stereocenters. The third-order valence-corrected chi connectivity index (χ3v) is 3.72. The van der Waals surface area contributed by atoms with Gasteiger partial charge in [-0.05, 0) is 24.1 Å². The number of rotatable bonds is 3. The molecule has 1 saturated heterocycles. The monoisotopic (exact) mass is 270 g/mol. The first-order valence-electron chi connectivity index (χ1n) is 6.90. The Morgan fingerprint density at radius 1 is 1.45 bits per heavy atom. The van der Waals surface area contributed by atoms with Gasteiger partial charge in [0.15, 0.2) is 0 Å². The van der Waals surface area contributed by atoms with E-state index in [2.05, 4.69) is 11.1 Å². The molecule has 20 heavy (non-hydrogen) atoms. The topological polar surface area (TPSA) is 42.4 Å². The number of pyridine rings is 1. The highest BCUT2D eigenvalue weighted by Crippen LogP contribution is 2.18. The smallest absolute Gasteiger partial charge is 0.228 e. The highest BCUT2D eigenvalue weighted by atomic mass is 16.5. The zero-order valence-corrected chi connectivity index (χ0v) is 11.6. The van der Waals surface area contributed by atoms with Crippen LogP contribution in [0.4, 0.5) is 0 Å². The number of carbonyl (C=O) groups is 1. The van der Waals surface area contributed by atoms with Gasteiger partial charge in [0.05, 0.1) is 18.0 Å². The average Bonchev–Trinajstić information content (AvgIpc) is 3.00. The van der Waals surface area contributed by atoms with Crippen molar-refractivity contribution < 1.29 is 9.53 Å². The van der Waals surface area contributed by atoms with Gasteiger partial charge in [0.2, 0.25) is 5.91 Å². The standard InChI is InChI=1S/C16H18N2O2/c1-18(16(19)14-6-7-20-11-14)10-12-8-13-4-2-3-5-15(13)17-9-12/h2-5,8-9,14H,6-7,10-11H2,1H3/t14-/m0/s1. The number of hydrogen-bond acceptors (Lipinski definition) is 3. The average molecular weight is 270 g/mol. The lowest BCUT2D eigenvalue weighted by atomic mass is 10.1. The summed E-state index contributed by atoms with van der Waals surface area (Å²) in [5, 5.41) is 1.11. The molecule has 4 heteroatoms. The van der Waals surface area contributed by atoms with Gasteiger partial charge in [-0.1, -0.05) is 18.2 Å². The van der Waals surface area contributed by atoms with Crippen LogP contribution in [-0.4, -0.2) is 36.1 Å². The Labute approximate surface area is 118 Å². The van der Waals surface area contributed by atoms with E-state index >= 15 is 0 Å². The fourth-order valence-electron chi connectivity index (χ4n) is 2.60. The number of ether oxygens (including phenoxy) is 1. The minimum Gasteiger partial charge on any atom is -0.381 e. The zero-order valence-electron chi connectivity index (χ0n) is 11.6. The van der Waals surface area contributed by atoms with E-state index in [0.717, 1.165) is 22.9 Å². The second-order valence-electron chi connectivity index (χ2n) is 5.29. The first-order valence-corrected chi connectivity index (χ1v) is 6.90. The van der Waals surface area contributed by atoms with Crippen LogP contribution < -0.4 is 0 Å². The molecule has 1 aromatic carbocycles. The number of aromatic nitrogens is 1. The van der Waals surface area contributed by atoms with Gasteiger partial charge in [0.1, 0.15) is 0 Å². The predicted octanol–water partition coefficient (Wildman–Crippen LogP) is 2.23. The largest absolute Gasteiger partial charge is 0.381 e. The van der Waals surface area contributed by atoms with Crippen molar-refractivity contribution in [2.24, 2.45) is 5.92 Å². The Hall–Kier alpha value is -1.94. The van der Waals surface area contributed by atoms with Crippen molar-refractivity contribution in [1.29, 1.82) is 0 Å². The van der Waals surface area contributed by atoms with Gasteiger partial charge >= 0.3 is 0 Å². The maximum atomic E-state index is 12.2. The molecule has 4 nitrogen and oxygen atoms in total. The zero-order chi connectivity index (χ0) is 13.9. The van der Waals surface area contributed by atoms with Gasteiger partial charge < -0.3 is 9.64 Å². The van der Waals surface area contributed by atoms with Gasteiger partial charge in [-0.2, -0.15) is 0 Å². The minimum atomic E-state index is 0.0217. The van der Waals surface area contributed by atoms with Crippen molar-refractivity contribution >= 4 is 16.8 Å². The van der Waals surface area contributed by atoms with Crippen LogP contribution in [-0.2, 0) is 16.1 Å². The third kappa shape index (κ3) is 2.65. The lowest BCUT2D eigenvalue weighted by Crippen LogP contribution is -2.32. The van der Waals surface area contributed by atoms with Crippen LogP contribution in [0.5, 0.6) is 0 Å². The van der Waals surface area contributed by atoms with E-state index in [1.54, 1.807) is 4.90 Å². The number of carbonyl (C=O) groups excluding carboxylic acids is 1. The number of hydrogen-bond donors (Lipinski definition) is 0. The van der Waals surface area contributed by atoms with Crippen LogP contribution in [0.25, 0.3) is 10.9 Å². The first-order chi connectivity index (χ1) is 9.74. The molecule has 1 aliphatic rings. The lowest BCUT2D eigenvalue weighted by Gasteiger charge is -2.20. The molecule has 0 saturated carbocycles. The van der Waals surface area contributed by atoms with Crippen LogP contribution in [0.15, 0.2) is 36.5 Å². The summed E-state index contributed by atoms with van der Waals surface area (Å²) in [5.41, 5.74) is 2.04. The van der Waals surface area contributed by atoms with E-state index in [0.29, 0.717) is 19.8 Å². The Kier molecular flexibility index (Phi) is 3.65. The van der Waals surface area contributed by atoms with Crippen molar-refractivity contribution in [2.75, 3.05) is 20.3 Å². The van der Waals surface area contributed by atoms with E-state index in [9.17, 15) is 4.79 Å². The van der Waals surface area contributed by atoms with E-state index < -0.39 is 0 Å². The summed E-state index contributed by atoms with van der Waals surface area (Å²) in [6, 6.07) is 10.1. The van der Waals surface area contributed by atoms with Gasteiger partial charge in [0, 0.05) is 31.8 Å². The summed E-state index contributed by atoms with van der Waals surface area (Å²) in [5.74, 6) is 0.184. The molecule has 1 aliphatic heterocycles. The molecule has 1 aromatic heterocycles. The van der Waals surface area contributed by atoms with Gasteiger partial charge in [-0.15, -0.1) is 0 Å². The second-order valence-corrected chi connectivity index (χ2v) is 5.29. The predicted molar refractivity (Wildman–Crippen MR) is 77.1 cm³/mol. The van der Waals surface area contributed by atoms with E-state index in [1.165, 1.54) is 0 Å². The minimum absolute atomic E-state index is 0.0217. The molecule has 0 aliphatic carbocycles. The molecule has 1 amide bonds. The Bertz CT molecular complexity index is 621. The lowest BCUT2D eigenvalue weighted by molar-refractivity contribution is -0.134. The summed E-state index contributed by atoms with van der Waals surface area (Å²) >= 11 is 0. The van der Waals surface area contributed by atoms with Crippen LogP contribution in [0.3, 0.4) is 0 Å². The highest BCUT2D eigenvalue weighted by molar-refractivity contribution is 5.80. The van der Waals surface area contributed by atoms with Gasteiger partial charge in [0.25, 0.3) is 0 Å². The molecule has 104 valence electrons. The highest BCUT2D eigenvalue weighted by Gasteiger charge is 2.26. The molecule has 0 unspecified atom stereocenters. The summed E-state index contributed by atoms with van der Waals surface area (Å²) in [6.07, 6.45) is 2.68. The fourth-order valence-corrected chi connectivity index (χ4v) is 2.60.